The first-order chi connectivity index (χ1) is 14.7. The van der Waals surface area contributed by atoms with Gasteiger partial charge in [0, 0.05) is 43.7 Å². The average molecular weight is 426 g/mol. The molecule has 1 aliphatic rings. The summed E-state index contributed by atoms with van der Waals surface area (Å²) >= 11 is 1.69. The molecule has 6 nitrogen and oxygen atoms in total. The lowest BCUT2D eigenvalue weighted by Gasteiger charge is -2.36. The van der Waals surface area contributed by atoms with E-state index in [1.54, 1.807) is 18.0 Å². The molecule has 0 saturated carbocycles. The normalized spacial score (nSPS) is 21.6. The highest BCUT2D eigenvalue weighted by Gasteiger charge is 2.32. The Bertz CT molecular complexity index is 888. The number of thioether (sulfide) groups is 1. The summed E-state index contributed by atoms with van der Waals surface area (Å²) < 4.78 is 14.7. The number of aliphatic hydroxyl groups is 1. The van der Waals surface area contributed by atoms with Crippen LogP contribution in [0.5, 0.6) is 0 Å². The number of hydrogen-bond acceptors (Lipinski definition) is 6. The van der Waals surface area contributed by atoms with Gasteiger partial charge < -0.3 is 24.9 Å². The monoisotopic (exact) mass is 425 g/mol. The Morgan fingerprint density at radius 1 is 1.07 bits per heavy atom. The molecule has 0 spiro atoms. The third-order valence-corrected chi connectivity index (χ3v) is 6.47. The zero-order chi connectivity index (χ0) is 20.9. The summed E-state index contributed by atoms with van der Waals surface area (Å²) in [5, 5.41) is 10.3. The second-order valence-electron chi connectivity index (χ2n) is 7.43. The first-order valence-corrected chi connectivity index (χ1v) is 11.0. The number of imidazole rings is 1. The predicted octanol–water partition coefficient (Wildman–Crippen LogP) is 3.71. The molecule has 3 unspecified atom stereocenters. The molecule has 1 aromatic heterocycles. The summed E-state index contributed by atoms with van der Waals surface area (Å²) in [5.41, 5.74) is 9.77. The summed E-state index contributed by atoms with van der Waals surface area (Å²) in [6.45, 7) is 0.545. The molecular formula is C23H27N3O3S. The lowest BCUT2D eigenvalue weighted by atomic mass is 10.0. The third-order valence-electron chi connectivity index (χ3n) is 5.28. The van der Waals surface area contributed by atoms with Crippen molar-refractivity contribution < 1.29 is 14.6 Å². The van der Waals surface area contributed by atoms with Gasteiger partial charge in [0.1, 0.15) is 0 Å². The van der Waals surface area contributed by atoms with Gasteiger partial charge in [0.2, 0.25) is 0 Å². The van der Waals surface area contributed by atoms with Crippen LogP contribution in [0.4, 0.5) is 0 Å². The Hall–Kier alpha value is -2.16. The summed E-state index contributed by atoms with van der Waals surface area (Å²) in [7, 11) is 1.99. The highest BCUT2D eigenvalue weighted by atomic mass is 32.2. The maximum absolute atomic E-state index is 9.33. The lowest BCUT2D eigenvalue weighted by molar-refractivity contribution is -0.245. The van der Waals surface area contributed by atoms with Crippen molar-refractivity contribution in [2.75, 3.05) is 5.75 Å². The minimum Gasteiger partial charge on any atom is -0.392 e. The van der Waals surface area contributed by atoms with Crippen molar-refractivity contribution in [1.29, 1.82) is 0 Å². The molecule has 30 heavy (non-hydrogen) atoms. The SMILES string of the molecule is Cn1ccnc1SCC1CC(c2ccc(CO)cc2)OC(c2ccc(CN)cc2)O1. The summed E-state index contributed by atoms with van der Waals surface area (Å²) in [6.07, 6.45) is 3.99. The number of ether oxygens (including phenoxy) is 2. The van der Waals surface area contributed by atoms with E-state index in [9.17, 15) is 5.11 Å². The second kappa shape index (κ2) is 9.76. The smallest absolute Gasteiger partial charge is 0.184 e. The van der Waals surface area contributed by atoms with E-state index in [-0.39, 0.29) is 18.8 Å². The molecule has 0 bridgehead atoms. The maximum atomic E-state index is 9.33. The Labute approximate surface area is 181 Å². The predicted molar refractivity (Wildman–Crippen MR) is 117 cm³/mol. The van der Waals surface area contributed by atoms with Gasteiger partial charge in [-0.15, -0.1) is 0 Å². The van der Waals surface area contributed by atoms with E-state index in [1.807, 2.05) is 66.3 Å². The number of aryl methyl sites for hydroxylation is 1. The topological polar surface area (TPSA) is 82.5 Å². The Morgan fingerprint density at radius 2 is 1.77 bits per heavy atom. The second-order valence-corrected chi connectivity index (χ2v) is 8.41. The molecule has 1 saturated heterocycles. The van der Waals surface area contributed by atoms with Crippen molar-refractivity contribution in [2.24, 2.45) is 12.8 Å². The number of benzene rings is 2. The van der Waals surface area contributed by atoms with Crippen LogP contribution in [-0.2, 0) is 29.7 Å². The highest BCUT2D eigenvalue weighted by Crippen LogP contribution is 2.39. The third kappa shape index (κ3) is 4.94. The van der Waals surface area contributed by atoms with Gasteiger partial charge in [-0.05, 0) is 16.7 Å². The number of nitrogens with two attached hydrogens (primary N) is 1. The lowest BCUT2D eigenvalue weighted by Crippen LogP contribution is -2.31. The van der Waals surface area contributed by atoms with Crippen molar-refractivity contribution >= 4 is 11.8 Å². The van der Waals surface area contributed by atoms with Crippen LogP contribution in [0.15, 0.2) is 66.1 Å². The van der Waals surface area contributed by atoms with Crippen molar-refractivity contribution in [3.05, 3.63) is 83.2 Å². The Morgan fingerprint density at radius 3 is 2.40 bits per heavy atom. The van der Waals surface area contributed by atoms with Crippen LogP contribution in [0.3, 0.4) is 0 Å². The minimum atomic E-state index is -0.444. The molecule has 3 aromatic rings. The van der Waals surface area contributed by atoms with Gasteiger partial charge in [0.25, 0.3) is 0 Å². The van der Waals surface area contributed by atoms with E-state index >= 15 is 0 Å². The summed E-state index contributed by atoms with van der Waals surface area (Å²) in [6, 6.07) is 16.0. The first-order valence-electron chi connectivity index (χ1n) is 10.1. The van der Waals surface area contributed by atoms with Crippen molar-refractivity contribution in [3.8, 4) is 0 Å². The fraction of sp³-hybridized carbons (Fsp3) is 0.348. The van der Waals surface area contributed by atoms with Crippen LogP contribution >= 0.6 is 11.8 Å². The van der Waals surface area contributed by atoms with Gasteiger partial charge in [-0.3, -0.25) is 0 Å². The number of nitrogens with zero attached hydrogens (tertiary/aromatic N) is 2. The van der Waals surface area contributed by atoms with Crippen molar-refractivity contribution in [3.63, 3.8) is 0 Å². The van der Waals surface area contributed by atoms with E-state index in [4.69, 9.17) is 15.2 Å². The van der Waals surface area contributed by atoms with Gasteiger partial charge in [-0.25, -0.2) is 4.98 Å². The molecule has 3 atom stereocenters. The van der Waals surface area contributed by atoms with Gasteiger partial charge in [-0.1, -0.05) is 60.3 Å². The standard InChI is InChI=1S/C23H27N3O3S/c1-26-11-10-25-23(26)30-15-20-12-21(18-6-4-17(14-27)5-7-18)29-22(28-20)19-8-2-16(13-24)3-9-19/h2-11,20-22,27H,12-15,24H2,1H3. The molecule has 4 rings (SSSR count). The highest BCUT2D eigenvalue weighted by molar-refractivity contribution is 7.99. The van der Waals surface area contributed by atoms with Crippen molar-refractivity contribution in [1.82, 2.24) is 9.55 Å². The molecule has 1 fully saturated rings. The average Bonchev–Trinajstić information content (AvgIpc) is 3.22. The fourth-order valence-corrected chi connectivity index (χ4v) is 4.44. The van der Waals surface area contributed by atoms with E-state index in [2.05, 4.69) is 4.98 Å². The van der Waals surface area contributed by atoms with E-state index in [1.165, 1.54) is 0 Å². The van der Waals surface area contributed by atoms with Gasteiger partial charge in [-0.2, -0.15) is 0 Å². The van der Waals surface area contributed by atoms with Gasteiger partial charge >= 0.3 is 0 Å². The van der Waals surface area contributed by atoms with Crippen LogP contribution in [0.25, 0.3) is 0 Å². The van der Waals surface area contributed by atoms with E-state index in [0.29, 0.717) is 6.54 Å². The summed E-state index contributed by atoms with van der Waals surface area (Å²) in [5.74, 6) is 0.789. The van der Waals surface area contributed by atoms with E-state index < -0.39 is 6.29 Å². The Kier molecular flexibility index (Phi) is 6.86. The number of aliphatic hydroxyl groups excluding tert-OH is 1. The van der Waals surface area contributed by atoms with Crippen LogP contribution in [0, 0.1) is 0 Å². The molecule has 0 aliphatic carbocycles. The minimum absolute atomic E-state index is 0.0159. The van der Waals surface area contributed by atoms with Gasteiger partial charge in [0.05, 0.1) is 18.8 Å². The largest absolute Gasteiger partial charge is 0.392 e. The molecule has 7 heteroatoms. The van der Waals surface area contributed by atoms with Crippen LogP contribution in [0.1, 0.15) is 41.1 Å². The van der Waals surface area contributed by atoms with Crippen molar-refractivity contribution in [2.45, 2.75) is 43.2 Å². The molecule has 3 N–H and O–H groups in total. The molecular weight excluding hydrogens is 398 g/mol. The first kappa shape index (κ1) is 21.1. The molecule has 1 aliphatic heterocycles. The molecule has 2 heterocycles. The molecule has 158 valence electrons. The zero-order valence-electron chi connectivity index (χ0n) is 17.0. The van der Waals surface area contributed by atoms with Crippen LogP contribution < -0.4 is 5.73 Å². The number of rotatable bonds is 7. The maximum Gasteiger partial charge on any atom is 0.184 e. The summed E-state index contributed by atoms with van der Waals surface area (Å²) in [4.78, 5) is 4.40. The quantitative estimate of drug-likeness (QED) is 0.562. The Balaban J connectivity index is 1.53. The zero-order valence-corrected chi connectivity index (χ0v) is 17.8. The van der Waals surface area contributed by atoms with Crippen LogP contribution in [-0.4, -0.2) is 26.5 Å². The number of aromatic nitrogens is 2. The van der Waals surface area contributed by atoms with E-state index in [0.717, 1.165) is 39.6 Å². The molecule has 0 amide bonds. The van der Waals surface area contributed by atoms with Crippen LogP contribution in [0.2, 0.25) is 0 Å². The van der Waals surface area contributed by atoms with Gasteiger partial charge in [0.15, 0.2) is 11.4 Å². The molecule has 0 radical (unpaired) electrons. The number of hydrogen-bond donors (Lipinski definition) is 2. The fourth-order valence-electron chi connectivity index (χ4n) is 3.49. The molecule has 2 aromatic carbocycles.